The van der Waals surface area contributed by atoms with Crippen LogP contribution in [0.4, 0.5) is 0 Å². The van der Waals surface area contributed by atoms with Crippen LogP contribution in [0.3, 0.4) is 0 Å². The molecule has 1 heterocycles. The molecule has 18 heavy (non-hydrogen) atoms. The van der Waals surface area contributed by atoms with Gasteiger partial charge >= 0.3 is 0 Å². The average molecular weight is 245 g/mol. The molecule has 0 saturated heterocycles. The van der Waals surface area contributed by atoms with Crippen molar-refractivity contribution in [2.24, 2.45) is 5.73 Å². The molecular formula is C12H13N4O2. The number of aromatic nitrogens is 2. The van der Waals surface area contributed by atoms with Crippen LogP contribution in [0, 0.1) is 13.0 Å². The van der Waals surface area contributed by atoms with Crippen molar-refractivity contribution >= 4 is 22.7 Å². The zero-order chi connectivity index (χ0) is 13.3. The van der Waals surface area contributed by atoms with Gasteiger partial charge in [0.2, 0.25) is 5.91 Å². The predicted octanol–water partition coefficient (Wildman–Crippen LogP) is -0.0102. The molecule has 2 aromatic rings. The molecule has 2 rings (SSSR count). The lowest BCUT2D eigenvalue weighted by molar-refractivity contribution is -0.121. The predicted molar refractivity (Wildman–Crippen MR) is 65.9 cm³/mol. The van der Waals surface area contributed by atoms with E-state index in [1.54, 1.807) is 19.2 Å². The van der Waals surface area contributed by atoms with E-state index in [1.807, 2.05) is 6.92 Å². The monoisotopic (exact) mass is 245 g/mol. The zero-order valence-corrected chi connectivity index (χ0v) is 10.2. The maximum absolute atomic E-state index is 11.4. The Labute approximate surface area is 104 Å². The first-order valence-corrected chi connectivity index (χ1v) is 5.42. The number of carbonyl (C=O) groups is 2. The highest BCUT2D eigenvalue weighted by Gasteiger charge is 2.16. The first-order valence-electron chi connectivity index (χ1n) is 5.42. The van der Waals surface area contributed by atoms with E-state index in [-0.39, 0.29) is 18.1 Å². The largest absolute Gasteiger partial charge is 0.364 e. The fourth-order valence-corrected chi connectivity index (χ4v) is 1.74. The molecule has 0 unspecified atom stereocenters. The lowest BCUT2D eigenvalue weighted by Crippen LogP contribution is -2.24. The maximum atomic E-state index is 11.4. The van der Waals surface area contributed by atoms with Crippen LogP contribution < -0.4 is 11.1 Å². The van der Waals surface area contributed by atoms with Gasteiger partial charge in [-0.1, -0.05) is 0 Å². The van der Waals surface area contributed by atoms with Gasteiger partial charge in [0.15, 0.2) is 5.69 Å². The number of primary amides is 1. The van der Waals surface area contributed by atoms with Gasteiger partial charge in [-0.2, -0.15) is 5.10 Å². The number of fused-ring (bicyclic) bond motifs is 1. The molecule has 6 heteroatoms. The summed E-state index contributed by atoms with van der Waals surface area (Å²) in [7, 11) is 1.54. The summed E-state index contributed by atoms with van der Waals surface area (Å²) in [5.74, 6) is -0.808. The molecule has 0 aliphatic heterocycles. The minimum Gasteiger partial charge on any atom is -0.364 e. The quantitative estimate of drug-likeness (QED) is 0.796. The second kappa shape index (κ2) is 4.48. The summed E-state index contributed by atoms with van der Waals surface area (Å²) in [5, 5.41) is 7.22. The van der Waals surface area contributed by atoms with Gasteiger partial charge in [0, 0.05) is 12.4 Å². The zero-order valence-electron chi connectivity index (χ0n) is 10.2. The normalized spacial score (nSPS) is 10.6. The Kier molecular flexibility index (Phi) is 3.01. The first-order chi connectivity index (χ1) is 8.52. The van der Waals surface area contributed by atoms with E-state index in [1.165, 1.54) is 4.68 Å². The highest BCUT2D eigenvalue weighted by atomic mass is 16.2. The summed E-state index contributed by atoms with van der Waals surface area (Å²) >= 11 is 0. The first kappa shape index (κ1) is 12.1. The van der Waals surface area contributed by atoms with E-state index in [9.17, 15) is 9.59 Å². The van der Waals surface area contributed by atoms with Crippen LogP contribution in [0.5, 0.6) is 0 Å². The second-order valence-electron chi connectivity index (χ2n) is 3.96. The number of amides is 2. The van der Waals surface area contributed by atoms with Crippen LogP contribution in [0.2, 0.25) is 0 Å². The molecule has 1 aromatic carbocycles. The average Bonchev–Trinajstić information content (AvgIpc) is 2.67. The lowest BCUT2D eigenvalue weighted by Gasteiger charge is -2.01. The van der Waals surface area contributed by atoms with Gasteiger partial charge in [-0.3, -0.25) is 14.3 Å². The van der Waals surface area contributed by atoms with Crippen molar-refractivity contribution in [3.8, 4) is 0 Å². The third kappa shape index (κ3) is 2.04. The Hall–Kier alpha value is -2.37. The van der Waals surface area contributed by atoms with Gasteiger partial charge in [0.05, 0.1) is 5.52 Å². The standard InChI is InChI=1S/C12H13N4O2/c1-7-3-4-9-8(5-7)11(12(13)18)15-16(9)6-10(17)14-2/h4-5H,6H2,1-2H3,(H2,13,18)(H,14,17). The molecule has 3 N–H and O–H groups in total. The molecule has 1 aromatic heterocycles. The third-order valence-electron chi connectivity index (χ3n) is 2.63. The summed E-state index contributed by atoms with van der Waals surface area (Å²) in [5.41, 5.74) is 7.00. The van der Waals surface area contributed by atoms with Crippen molar-refractivity contribution in [2.75, 3.05) is 7.05 Å². The van der Waals surface area contributed by atoms with E-state index in [4.69, 9.17) is 5.73 Å². The lowest BCUT2D eigenvalue weighted by atomic mass is 10.1. The maximum Gasteiger partial charge on any atom is 0.269 e. The van der Waals surface area contributed by atoms with Gasteiger partial charge in [0.1, 0.15) is 6.54 Å². The Bertz CT molecular complexity index is 630. The topological polar surface area (TPSA) is 90.0 Å². The molecule has 0 aliphatic rings. The number of aryl methyl sites for hydroxylation is 1. The molecule has 0 atom stereocenters. The van der Waals surface area contributed by atoms with Crippen LogP contribution in [-0.2, 0) is 11.3 Å². The molecule has 0 aliphatic carbocycles. The van der Waals surface area contributed by atoms with Crippen molar-refractivity contribution in [3.63, 3.8) is 0 Å². The van der Waals surface area contributed by atoms with Gasteiger partial charge in [0.25, 0.3) is 5.91 Å². The molecular weight excluding hydrogens is 232 g/mol. The highest BCUT2D eigenvalue weighted by Crippen LogP contribution is 2.19. The summed E-state index contributed by atoms with van der Waals surface area (Å²) < 4.78 is 1.45. The van der Waals surface area contributed by atoms with Crippen LogP contribution in [-0.4, -0.2) is 28.6 Å². The smallest absolute Gasteiger partial charge is 0.269 e. The van der Waals surface area contributed by atoms with Crippen LogP contribution in [0.25, 0.3) is 10.9 Å². The summed E-state index contributed by atoms with van der Waals surface area (Å²) in [6.07, 6.45) is 0. The fraction of sp³-hybridized carbons (Fsp3) is 0.250. The minimum atomic E-state index is -0.610. The SMILES string of the molecule is CNC(=O)Cn1nc(C(N)=O)c2cc(C)[c]cc21. The summed E-state index contributed by atoms with van der Waals surface area (Å²) in [6.45, 7) is 1.90. The number of carbonyl (C=O) groups excluding carboxylic acids is 2. The van der Waals surface area contributed by atoms with E-state index < -0.39 is 5.91 Å². The van der Waals surface area contributed by atoms with E-state index in [0.717, 1.165) is 5.56 Å². The molecule has 0 spiro atoms. The molecule has 0 fully saturated rings. The number of hydrogen-bond donors (Lipinski definition) is 2. The van der Waals surface area contributed by atoms with Gasteiger partial charge < -0.3 is 11.1 Å². The number of likely N-dealkylation sites (N-methyl/N-ethyl adjacent to an activating group) is 1. The molecule has 1 radical (unpaired) electrons. The Morgan fingerprint density at radius 2 is 2.28 bits per heavy atom. The molecule has 2 amide bonds. The molecule has 0 bridgehead atoms. The number of hydrogen-bond acceptors (Lipinski definition) is 3. The van der Waals surface area contributed by atoms with Crippen molar-refractivity contribution in [3.05, 3.63) is 29.5 Å². The number of nitrogens with two attached hydrogens (primary N) is 1. The molecule has 93 valence electrons. The van der Waals surface area contributed by atoms with Crippen LogP contribution >= 0.6 is 0 Å². The number of rotatable bonds is 3. The van der Waals surface area contributed by atoms with Gasteiger partial charge in [-0.05, 0) is 30.7 Å². The number of nitrogens with one attached hydrogen (secondary N) is 1. The van der Waals surface area contributed by atoms with Gasteiger partial charge in [-0.25, -0.2) is 0 Å². The summed E-state index contributed by atoms with van der Waals surface area (Å²) in [4.78, 5) is 22.7. The second-order valence-corrected chi connectivity index (χ2v) is 3.96. The fourth-order valence-electron chi connectivity index (χ4n) is 1.74. The van der Waals surface area contributed by atoms with Crippen LogP contribution in [0.1, 0.15) is 16.1 Å². The van der Waals surface area contributed by atoms with E-state index in [2.05, 4.69) is 16.5 Å². The Morgan fingerprint density at radius 3 is 2.89 bits per heavy atom. The van der Waals surface area contributed by atoms with Crippen molar-refractivity contribution in [1.29, 1.82) is 0 Å². The van der Waals surface area contributed by atoms with Gasteiger partial charge in [-0.15, -0.1) is 0 Å². The van der Waals surface area contributed by atoms with Crippen molar-refractivity contribution < 1.29 is 9.59 Å². The van der Waals surface area contributed by atoms with Crippen molar-refractivity contribution in [2.45, 2.75) is 13.5 Å². The number of nitrogens with zero attached hydrogens (tertiary/aromatic N) is 2. The van der Waals surface area contributed by atoms with E-state index >= 15 is 0 Å². The Balaban J connectivity index is 2.61. The third-order valence-corrected chi connectivity index (χ3v) is 2.63. The van der Waals surface area contributed by atoms with Crippen molar-refractivity contribution in [1.82, 2.24) is 15.1 Å². The van der Waals surface area contributed by atoms with E-state index in [0.29, 0.717) is 10.9 Å². The summed E-state index contributed by atoms with van der Waals surface area (Å²) in [6, 6.07) is 6.50. The number of benzene rings is 1. The minimum absolute atomic E-state index is 0.0389. The van der Waals surface area contributed by atoms with Crippen LogP contribution in [0.15, 0.2) is 12.1 Å². The molecule has 0 saturated carbocycles. The molecule has 6 nitrogen and oxygen atoms in total. The Morgan fingerprint density at radius 1 is 1.56 bits per heavy atom. The highest BCUT2D eigenvalue weighted by molar-refractivity contribution is 6.04.